The van der Waals surface area contributed by atoms with Crippen molar-refractivity contribution in [2.45, 2.75) is 27.0 Å². The van der Waals surface area contributed by atoms with Crippen LogP contribution in [0, 0.1) is 6.92 Å². The maximum Gasteiger partial charge on any atom is 0.344 e. The van der Waals surface area contributed by atoms with Crippen LogP contribution in [-0.4, -0.2) is 24.9 Å². The molecule has 0 saturated heterocycles. The zero-order valence-corrected chi connectivity index (χ0v) is 16.0. The molecule has 4 rings (SSSR count). The number of carbonyl (C=O) groups is 1. The Kier molecular flexibility index (Phi) is 4.52. The first-order chi connectivity index (χ1) is 13.5. The van der Waals surface area contributed by atoms with Crippen LogP contribution in [0.2, 0.25) is 0 Å². The van der Waals surface area contributed by atoms with Gasteiger partial charge in [0.25, 0.3) is 5.56 Å². The maximum absolute atomic E-state index is 12.7. The molecule has 0 aliphatic carbocycles. The topological polar surface area (TPSA) is 95.6 Å². The van der Waals surface area contributed by atoms with Crippen LogP contribution >= 0.6 is 11.3 Å². The molecule has 9 heteroatoms. The minimum atomic E-state index is -0.761. The summed E-state index contributed by atoms with van der Waals surface area (Å²) in [6, 6.07) is 4.70. The second-order valence-electron chi connectivity index (χ2n) is 6.20. The lowest BCUT2D eigenvalue weighted by Gasteiger charge is -2.11. The monoisotopic (exact) mass is 396 g/mol. The highest BCUT2D eigenvalue weighted by Gasteiger charge is 2.18. The maximum atomic E-state index is 12.7. The Bertz CT molecular complexity index is 1340. The first-order valence-corrected chi connectivity index (χ1v) is 9.49. The first-order valence-electron chi connectivity index (χ1n) is 8.61. The second-order valence-corrected chi connectivity index (χ2v) is 7.07. The summed E-state index contributed by atoms with van der Waals surface area (Å²) < 4.78 is 8.42. The van der Waals surface area contributed by atoms with Crippen molar-refractivity contribution in [3.63, 3.8) is 0 Å². The number of pyridine rings is 2. The largest absolute Gasteiger partial charge is 0.455 e. The van der Waals surface area contributed by atoms with Crippen molar-refractivity contribution < 1.29 is 9.53 Å². The Morgan fingerprint density at radius 3 is 2.86 bits per heavy atom. The van der Waals surface area contributed by atoms with E-state index in [1.54, 1.807) is 28.3 Å². The van der Waals surface area contributed by atoms with E-state index in [0.29, 0.717) is 28.2 Å². The highest BCUT2D eigenvalue weighted by Crippen LogP contribution is 2.12. The normalized spacial score (nSPS) is 11.2. The molecule has 0 aromatic carbocycles. The molecule has 4 heterocycles. The first kappa shape index (κ1) is 18.1. The molecular weight excluding hydrogens is 380 g/mol. The number of thiazole rings is 1. The summed E-state index contributed by atoms with van der Waals surface area (Å²) in [6.07, 6.45) is 3.09. The summed E-state index contributed by atoms with van der Waals surface area (Å²) in [7, 11) is 0. The molecule has 142 valence electrons. The number of aryl methyl sites for hydroxylation is 2. The van der Waals surface area contributed by atoms with Gasteiger partial charge in [-0.25, -0.2) is 14.8 Å². The van der Waals surface area contributed by atoms with Crippen molar-refractivity contribution in [2.75, 3.05) is 0 Å². The zero-order chi connectivity index (χ0) is 19.8. The Labute approximate surface area is 162 Å². The predicted molar refractivity (Wildman–Crippen MR) is 105 cm³/mol. The van der Waals surface area contributed by atoms with Crippen molar-refractivity contribution in [2.24, 2.45) is 0 Å². The fourth-order valence-corrected chi connectivity index (χ4v) is 3.66. The Balaban J connectivity index is 1.66. The van der Waals surface area contributed by atoms with Gasteiger partial charge < -0.3 is 9.30 Å². The fraction of sp³-hybridized carbons (Fsp3) is 0.211. The number of nitrogens with zero attached hydrogens (tertiary/aromatic N) is 4. The van der Waals surface area contributed by atoms with E-state index in [9.17, 15) is 14.4 Å². The molecule has 28 heavy (non-hydrogen) atoms. The van der Waals surface area contributed by atoms with E-state index in [-0.39, 0.29) is 17.7 Å². The zero-order valence-electron chi connectivity index (χ0n) is 15.2. The third-order valence-electron chi connectivity index (χ3n) is 4.33. The van der Waals surface area contributed by atoms with Gasteiger partial charge in [-0.1, -0.05) is 0 Å². The van der Waals surface area contributed by atoms with E-state index in [1.165, 1.54) is 28.0 Å². The second kappa shape index (κ2) is 7.01. The number of hydrogen-bond acceptors (Lipinski definition) is 7. The fourth-order valence-electron chi connectivity index (χ4n) is 2.93. The summed E-state index contributed by atoms with van der Waals surface area (Å²) in [5, 5.41) is 2.11. The van der Waals surface area contributed by atoms with Crippen LogP contribution in [0.25, 0.3) is 16.0 Å². The number of hydrogen-bond donors (Lipinski definition) is 0. The van der Waals surface area contributed by atoms with Crippen molar-refractivity contribution in [1.82, 2.24) is 18.9 Å². The molecule has 4 aromatic heterocycles. The quantitative estimate of drug-likeness (QED) is 0.491. The third-order valence-corrected chi connectivity index (χ3v) is 5.09. The molecule has 0 atom stereocenters. The summed E-state index contributed by atoms with van der Waals surface area (Å²) in [5.41, 5.74) is 0.882. The molecule has 0 unspecified atom stereocenters. The van der Waals surface area contributed by atoms with E-state index in [2.05, 4.69) is 9.97 Å². The van der Waals surface area contributed by atoms with Gasteiger partial charge in [0.15, 0.2) is 4.96 Å². The highest BCUT2D eigenvalue weighted by atomic mass is 32.1. The highest BCUT2D eigenvalue weighted by molar-refractivity contribution is 7.15. The van der Waals surface area contributed by atoms with Gasteiger partial charge in [0.05, 0.1) is 11.1 Å². The smallest absolute Gasteiger partial charge is 0.344 e. The Morgan fingerprint density at radius 2 is 2.07 bits per heavy atom. The summed E-state index contributed by atoms with van der Waals surface area (Å²) >= 11 is 1.31. The minimum Gasteiger partial charge on any atom is -0.455 e. The van der Waals surface area contributed by atoms with Gasteiger partial charge in [-0.05, 0) is 26.0 Å². The van der Waals surface area contributed by atoms with Crippen molar-refractivity contribution in [3.8, 4) is 0 Å². The van der Waals surface area contributed by atoms with E-state index >= 15 is 0 Å². The average molecular weight is 396 g/mol. The van der Waals surface area contributed by atoms with Crippen molar-refractivity contribution in [1.29, 1.82) is 0 Å². The van der Waals surface area contributed by atoms with Crippen LogP contribution in [0.3, 0.4) is 0 Å². The number of ether oxygens (including phenoxy) is 1. The molecule has 0 fully saturated rings. The molecule has 8 nitrogen and oxygen atoms in total. The number of carbonyl (C=O) groups excluding carboxylic acids is 1. The van der Waals surface area contributed by atoms with Crippen LogP contribution in [0.1, 0.15) is 28.7 Å². The molecule has 0 bridgehead atoms. The summed E-state index contributed by atoms with van der Waals surface area (Å²) in [5.74, 6) is -0.761. The van der Waals surface area contributed by atoms with Gasteiger partial charge in [-0.2, -0.15) is 0 Å². The van der Waals surface area contributed by atoms with Gasteiger partial charge in [-0.3, -0.25) is 14.0 Å². The van der Waals surface area contributed by atoms with Crippen molar-refractivity contribution >= 4 is 33.3 Å². The molecule has 0 saturated carbocycles. The van der Waals surface area contributed by atoms with Crippen LogP contribution in [0.15, 0.2) is 45.6 Å². The number of fused-ring (bicyclic) bond motifs is 2. The summed E-state index contributed by atoms with van der Waals surface area (Å²) in [4.78, 5) is 46.5. The number of rotatable bonds is 4. The van der Waals surface area contributed by atoms with Crippen LogP contribution in [0.5, 0.6) is 0 Å². The van der Waals surface area contributed by atoms with E-state index < -0.39 is 11.4 Å². The van der Waals surface area contributed by atoms with Gasteiger partial charge in [0.2, 0.25) is 5.43 Å². The Hall–Kier alpha value is -3.33. The van der Waals surface area contributed by atoms with Gasteiger partial charge in [-0.15, -0.1) is 11.3 Å². The molecular formula is C19H16N4O4S. The molecule has 0 aliphatic rings. The van der Waals surface area contributed by atoms with Crippen LogP contribution < -0.4 is 11.0 Å². The van der Waals surface area contributed by atoms with Gasteiger partial charge in [0, 0.05) is 36.1 Å². The number of esters is 1. The van der Waals surface area contributed by atoms with Crippen LogP contribution in [-0.2, 0) is 17.9 Å². The minimum absolute atomic E-state index is 0.0751. The SMILES string of the molecule is CCn1cc(C(=O)OCc2cc(=O)n3ccsc3n2)c(=O)c2ccc(C)nc21. The lowest BCUT2D eigenvalue weighted by molar-refractivity contribution is 0.0465. The lowest BCUT2D eigenvalue weighted by atomic mass is 10.2. The lowest BCUT2D eigenvalue weighted by Crippen LogP contribution is -2.22. The summed E-state index contributed by atoms with van der Waals surface area (Å²) in [6.45, 7) is 4.09. The van der Waals surface area contributed by atoms with Crippen molar-refractivity contribution in [3.05, 3.63) is 73.5 Å². The van der Waals surface area contributed by atoms with Gasteiger partial charge >= 0.3 is 5.97 Å². The molecule has 0 aliphatic heterocycles. The molecule has 4 aromatic rings. The molecule has 0 spiro atoms. The van der Waals surface area contributed by atoms with Crippen LogP contribution in [0.4, 0.5) is 0 Å². The molecule has 0 N–H and O–H groups in total. The predicted octanol–water partition coefficient (Wildman–Crippen LogP) is 2.15. The average Bonchev–Trinajstić information content (AvgIpc) is 3.15. The van der Waals surface area contributed by atoms with E-state index in [4.69, 9.17) is 4.74 Å². The Morgan fingerprint density at radius 1 is 1.25 bits per heavy atom. The molecule has 0 amide bonds. The van der Waals surface area contributed by atoms with E-state index in [0.717, 1.165) is 5.69 Å². The standard InChI is InChI=1S/C19H16N4O4S/c1-3-22-9-14(16(25)13-5-4-11(2)20-17(13)22)18(26)27-10-12-8-15(24)23-6-7-28-19(23)21-12/h4-9H,3,10H2,1-2H3. The number of aromatic nitrogens is 4. The third kappa shape index (κ3) is 3.09. The van der Waals surface area contributed by atoms with Gasteiger partial charge in [0.1, 0.15) is 17.8 Å². The van der Waals surface area contributed by atoms with E-state index in [1.807, 2.05) is 13.8 Å². The molecule has 0 radical (unpaired) electrons.